The number of alkyl halides is 2. The van der Waals surface area contributed by atoms with Crippen LogP contribution < -0.4 is 0 Å². The molecule has 1 fully saturated rings. The van der Waals surface area contributed by atoms with Crippen LogP contribution >= 0.6 is 23.2 Å². The lowest BCUT2D eigenvalue weighted by Gasteiger charge is -2.28. The van der Waals surface area contributed by atoms with Crippen LogP contribution in [0.1, 0.15) is 36.0 Å². The topological polar surface area (TPSA) is 48.8 Å². The molecular formula is C14H16Cl2N4O. The van der Waals surface area contributed by atoms with E-state index >= 15 is 0 Å². The number of hydrazone groups is 1. The van der Waals surface area contributed by atoms with E-state index in [-0.39, 0.29) is 5.91 Å². The molecule has 0 radical (unpaired) electrons. The van der Waals surface area contributed by atoms with Gasteiger partial charge in [0.05, 0.1) is 6.42 Å². The van der Waals surface area contributed by atoms with Crippen molar-refractivity contribution in [2.24, 2.45) is 5.10 Å². The number of piperidine rings is 1. The maximum Gasteiger partial charge on any atom is 0.276 e. The lowest BCUT2D eigenvalue weighted by Crippen LogP contribution is -2.38. The van der Waals surface area contributed by atoms with E-state index in [0.717, 1.165) is 31.8 Å². The fourth-order valence-corrected chi connectivity index (χ4v) is 3.10. The predicted octanol–water partition coefficient (Wildman–Crippen LogP) is 2.86. The Bertz CT molecular complexity index is 555. The number of hydrogen-bond acceptors (Lipinski definition) is 4. The zero-order valence-corrected chi connectivity index (χ0v) is 13.0. The van der Waals surface area contributed by atoms with E-state index in [1.807, 2.05) is 0 Å². The van der Waals surface area contributed by atoms with E-state index in [1.54, 1.807) is 24.5 Å². The number of amides is 1. The molecule has 3 rings (SSSR count). The first kappa shape index (κ1) is 14.6. The van der Waals surface area contributed by atoms with E-state index in [2.05, 4.69) is 15.0 Å². The first-order chi connectivity index (χ1) is 10.1. The molecule has 1 saturated heterocycles. The van der Waals surface area contributed by atoms with Crippen LogP contribution in [-0.4, -0.2) is 44.2 Å². The first-order valence-corrected chi connectivity index (χ1v) is 7.78. The van der Waals surface area contributed by atoms with Crippen LogP contribution in [0.5, 0.6) is 0 Å². The van der Waals surface area contributed by atoms with Gasteiger partial charge in [0.25, 0.3) is 5.91 Å². The minimum atomic E-state index is -1.33. The maximum absolute atomic E-state index is 12.5. The molecule has 1 aromatic rings. The molecule has 0 aromatic carbocycles. The highest BCUT2D eigenvalue weighted by Gasteiger charge is 2.44. The van der Waals surface area contributed by atoms with Gasteiger partial charge in [0.2, 0.25) is 4.46 Å². The molecule has 1 amide bonds. The zero-order valence-electron chi connectivity index (χ0n) is 11.5. The average Bonchev–Trinajstić information content (AvgIpc) is 2.84. The standard InChI is InChI=1S/C14H16Cl2N4O/c15-14(16)10-12(19-8-2-1-3-9-19)18-20(14)13(21)11-4-6-17-7-5-11/h4-7H,1-3,8-10H2. The quantitative estimate of drug-likeness (QED) is 0.589. The van der Waals surface area contributed by atoms with Crippen molar-refractivity contribution in [2.75, 3.05) is 13.1 Å². The minimum Gasteiger partial charge on any atom is -0.358 e. The highest BCUT2D eigenvalue weighted by Crippen LogP contribution is 2.38. The molecule has 0 bridgehead atoms. The minimum absolute atomic E-state index is 0.311. The summed E-state index contributed by atoms with van der Waals surface area (Å²) in [6.45, 7) is 1.89. The summed E-state index contributed by atoms with van der Waals surface area (Å²) in [5.41, 5.74) is 0.472. The number of amidine groups is 1. The fourth-order valence-electron chi connectivity index (χ4n) is 2.63. The lowest BCUT2D eigenvalue weighted by molar-refractivity contribution is 0.0735. The molecule has 3 heterocycles. The van der Waals surface area contributed by atoms with E-state index in [1.165, 1.54) is 11.4 Å². The van der Waals surface area contributed by atoms with E-state index in [4.69, 9.17) is 23.2 Å². The second kappa shape index (κ2) is 5.81. The molecule has 0 saturated carbocycles. The summed E-state index contributed by atoms with van der Waals surface area (Å²) in [5.74, 6) is 0.483. The number of carbonyl (C=O) groups excluding carboxylic acids is 1. The summed E-state index contributed by atoms with van der Waals surface area (Å²) in [6.07, 6.45) is 6.97. The lowest BCUT2D eigenvalue weighted by atomic mass is 10.1. The monoisotopic (exact) mass is 326 g/mol. The Balaban J connectivity index is 1.83. The molecule has 0 spiro atoms. The average molecular weight is 327 g/mol. The van der Waals surface area contributed by atoms with Crippen molar-refractivity contribution in [1.29, 1.82) is 0 Å². The van der Waals surface area contributed by atoms with Crippen molar-refractivity contribution in [3.8, 4) is 0 Å². The van der Waals surface area contributed by atoms with Gasteiger partial charge in [-0.15, -0.1) is 0 Å². The molecule has 2 aliphatic rings. The molecule has 21 heavy (non-hydrogen) atoms. The van der Waals surface area contributed by atoms with Gasteiger partial charge in [0.1, 0.15) is 5.84 Å². The molecule has 1 aromatic heterocycles. The predicted molar refractivity (Wildman–Crippen MR) is 82.3 cm³/mol. The molecule has 2 aliphatic heterocycles. The Morgan fingerprint density at radius 3 is 2.48 bits per heavy atom. The van der Waals surface area contributed by atoms with Gasteiger partial charge in [0.15, 0.2) is 0 Å². The molecule has 0 unspecified atom stereocenters. The van der Waals surface area contributed by atoms with Gasteiger partial charge in [-0.2, -0.15) is 10.1 Å². The van der Waals surface area contributed by atoms with E-state index < -0.39 is 4.46 Å². The SMILES string of the molecule is O=C(c1ccncc1)N1N=C(N2CCCCC2)CC1(Cl)Cl. The van der Waals surface area contributed by atoms with Crippen LogP contribution in [0.25, 0.3) is 0 Å². The largest absolute Gasteiger partial charge is 0.358 e. The third-order valence-corrected chi connectivity index (χ3v) is 4.32. The number of halogens is 2. The van der Waals surface area contributed by atoms with Gasteiger partial charge in [-0.3, -0.25) is 9.78 Å². The number of aromatic nitrogens is 1. The maximum atomic E-state index is 12.5. The van der Waals surface area contributed by atoms with Crippen LogP contribution in [0.15, 0.2) is 29.6 Å². The fraction of sp³-hybridized carbons (Fsp3) is 0.500. The molecule has 0 N–H and O–H groups in total. The van der Waals surface area contributed by atoms with Gasteiger partial charge < -0.3 is 4.90 Å². The Labute approximate surface area is 133 Å². The van der Waals surface area contributed by atoms with Gasteiger partial charge in [0, 0.05) is 31.0 Å². The number of hydrogen-bond donors (Lipinski definition) is 0. The van der Waals surface area contributed by atoms with Gasteiger partial charge in [-0.1, -0.05) is 23.2 Å². The zero-order chi connectivity index (χ0) is 14.9. The molecule has 0 atom stereocenters. The highest BCUT2D eigenvalue weighted by molar-refractivity contribution is 6.50. The van der Waals surface area contributed by atoms with E-state index in [9.17, 15) is 4.79 Å². The Kier molecular flexibility index (Phi) is 4.04. The number of rotatable bonds is 1. The van der Waals surface area contributed by atoms with Crippen molar-refractivity contribution >= 4 is 34.9 Å². The molecular weight excluding hydrogens is 311 g/mol. The summed E-state index contributed by atoms with van der Waals surface area (Å²) < 4.78 is -1.33. The van der Waals surface area contributed by atoms with Crippen LogP contribution in [0.4, 0.5) is 0 Å². The second-order valence-corrected chi connectivity index (χ2v) is 6.70. The van der Waals surface area contributed by atoms with Gasteiger partial charge >= 0.3 is 0 Å². The number of likely N-dealkylation sites (tertiary alicyclic amines) is 1. The molecule has 0 aliphatic carbocycles. The van der Waals surface area contributed by atoms with Gasteiger partial charge in [-0.05, 0) is 31.4 Å². The third kappa shape index (κ3) is 2.99. The van der Waals surface area contributed by atoms with E-state index in [0.29, 0.717) is 12.0 Å². The summed E-state index contributed by atoms with van der Waals surface area (Å²) in [7, 11) is 0. The summed E-state index contributed by atoms with van der Waals surface area (Å²) in [5, 5.41) is 5.56. The molecule has 5 nitrogen and oxygen atoms in total. The Morgan fingerprint density at radius 1 is 1.14 bits per heavy atom. The van der Waals surface area contributed by atoms with Crippen LogP contribution in [0.2, 0.25) is 0 Å². The van der Waals surface area contributed by atoms with Crippen molar-refractivity contribution in [3.63, 3.8) is 0 Å². The smallest absolute Gasteiger partial charge is 0.276 e. The third-order valence-electron chi connectivity index (χ3n) is 3.74. The normalized spacial score (nSPS) is 21.3. The van der Waals surface area contributed by atoms with Crippen molar-refractivity contribution in [1.82, 2.24) is 14.9 Å². The number of nitrogens with zero attached hydrogens (tertiary/aromatic N) is 4. The molecule has 7 heteroatoms. The van der Waals surface area contributed by atoms with Crippen LogP contribution in [0, 0.1) is 0 Å². The Morgan fingerprint density at radius 2 is 1.81 bits per heavy atom. The number of carbonyl (C=O) groups is 1. The van der Waals surface area contributed by atoms with Crippen LogP contribution in [-0.2, 0) is 0 Å². The molecule has 112 valence electrons. The summed E-state index contributed by atoms with van der Waals surface area (Å²) in [6, 6.07) is 3.25. The van der Waals surface area contributed by atoms with Crippen LogP contribution in [0.3, 0.4) is 0 Å². The van der Waals surface area contributed by atoms with Crippen molar-refractivity contribution in [3.05, 3.63) is 30.1 Å². The second-order valence-electron chi connectivity index (χ2n) is 5.26. The summed E-state index contributed by atoms with van der Waals surface area (Å²) >= 11 is 12.6. The summed E-state index contributed by atoms with van der Waals surface area (Å²) in [4.78, 5) is 18.6. The highest BCUT2D eigenvalue weighted by atomic mass is 35.5. The number of pyridine rings is 1. The van der Waals surface area contributed by atoms with Crippen molar-refractivity contribution < 1.29 is 4.79 Å². The first-order valence-electron chi connectivity index (χ1n) is 7.03. The van der Waals surface area contributed by atoms with Crippen molar-refractivity contribution in [2.45, 2.75) is 30.1 Å². The Hall–Kier alpha value is -1.33. The van der Waals surface area contributed by atoms with Gasteiger partial charge in [-0.25, -0.2) is 0 Å².